The number of carboxylic acids is 1. The Hall–Kier alpha value is -1.66. The van der Waals surface area contributed by atoms with E-state index in [1.165, 1.54) is 4.90 Å². The van der Waals surface area contributed by atoms with E-state index in [1.54, 1.807) is 13.0 Å². The smallest absolute Gasteiger partial charge is 0.326 e. The first-order chi connectivity index (χ1) is 9.54. The number of aliphatic carboxylic acids is 1. The maximum atomic E-state index is 12.3. The number of hydrogen-bond donors (Lipinski definition) is 1. The number of benzene rings is 1. The Balaban J connectivity index is 2.29. The highest BCUT2D eigenvalue weighted by Gasteiger charge is 2.39. The molecular weight excluding hydrogens is 294 g/mol. The second kappa shape index (κ2) is 6.19. The molecule has 6 heteroatoms. The zero-order valence-electron chi connectivity index (χ0n) is 10.8. The molecule has 1 aromatic carbocycles. The maximum Gasteiger partial charge on any atom is 0.326 e. The number of carbonyl (C=O) groups excluding carboxylic acids is 1. The summed E-state index contributed by atoms with van der Waals surface area (Å²) in [5.41, 5.74) is 0.886. The van der Waals surface area contributed by atoms with E-state index in [0.717, 1.165) is 17.3 Å². The van der Waals surface area contributed by atoms with Crippen molar-refractivity contribution >= 4 is 46.3 Å². The number of thiocarbonyl (C=S) groups is 1. The number of carbonyl (C=O) groups is 2. The van der Waals surface area contributed by atoms with Gasteiger partial charge in [-0.15, -0.1) is 0 Å². The van der Waals surface area contributed by atoms with Crippen LogP contribution in [-0.4, -0.2) is 32.2 Å². The number of amides is 1. The van der Waals surface area contributed by atoms with Crippen LogP contribution in [-0.2, 0) is 9.59 Å². The topological polar surface area (TPSA) is 57.6 Å². The second-order valence-electron chi connectivity index (χ2n) is 4.22. The van der Waals surface area contributed by atoms with Gasteiger partial charge in [0.05, 0.1) is 4.91 Å². The average molecular weight is 307 g/mol. The minimum atomic E-state index is -1.04. The maximum absolute atomic E-state index is 12.3. The van der Waals surface area contributed by atoms with Gasteiger partial charge in [0.15, 0.2) is 0 Å². The van der Waals surface area contributed by atoms with Crippen LogP contribution in [0.15, 0.2) is 35.2 Å². The Morgan fingerprint density at radius 2 is 2.10 bits per heavy atom. The summed E-state index contributed by atoms with van der Waals surface area (Å²) < 4.78 is 0.298. The van der Waals surface area contributed by atoms with E-state index in [1.807, 2.05) is 30.3 Å². The van der Waals surface area contributed by atoms with E-state index in [9.17, 15) is 9.59 Å². The highest BCUT2D eigenvalue weighted by Crippen LogP contribution is 2.34. The standard InChI is InChI=1S/C14H13NO3S2/c1-2-10(13(17)18)15-12(16)11(20-14(15)19)8-9-6-4-3-5-7-9/h3-8,10H,2H2,1H3,(H,17,18)/b11-8-/t10-/m1/s1. The molecule has 1 fully saturated rings. The minimum absolute atomic E-state index is 0.298. The van der Waals surface area contributed by atoms with Crippen LogP contribution >= 0.6 is 24.0 Å². The lowest BCUT2D eigenvalue weighted by atomic mass is 10.2. The summed E-state index contributed by atoms with van der Waals surface area (Å²) in [5.74, 6) is -1.37. The fourth-order valence-corrected chi connectivity index (χ4v) is 3.27. The zero-order chi connectivity index (χ0) is 14.7. The molecule has 1 aliphatic rings. The normalized spacial score (nSPS) is 18.6. The summed E-state index contributed by atoms with van der Waals surface area (Å²) in [6, 6.07) is 8.49. The Morgan fingerprint density at radius 3 is 2.65 bits per heavy atom. The van der Waals surface area contributed by atoms with E-state index in [0.29, 0.717) is 15.6 Å². The molecule has 4 nitrogen and oxygen atoms in total. The van der Waals surface area contributed by atoms with Crippen molar-refractivity contribution in [3.8, 4) is 0 Å². The van der Waals surface area contributed by atoms with Gasteiger partial charge in [0.2, 0.25) is 0 Å². The number of carboxylic acid groups (broad SMARTS) is 1. The first-order valence-corrected chi connectivity index (χ1v) is 7.32. The Bertz CT molecular complexity index is 583. The minimum Gasteiger partial charge on any atom is -0.480 e. The van der Waals surface area contributed by atoms with E-state index >= 15 is 0 Å². The van der Waals surface area contributed by atoms with E-state index in [4.69, 9.17) is 17.3 Å². The summed E-state index contributed by atoms with van der Waals surface area (Å²) in [7, 11) is 0. The molecule has 1 saturated heterocycles. The molecule has 2 rings (SSSR count). The quantitative estimate of drug-likeness (QED) is 0.684. The molecule has 0 aromatic heterocycles. The van der Waals surface area contributed by atoms with Crippen LogP contribution in [0.1, 0.15) is 18.9 Å². The molecule has 0 spiro atoms. The van der Waals surface area contributed by atoms with Gasteiger partial charge in [0, 0.05) is 0 Å². The van der Waals surface area contributed by atoms with Gasteiger partial charge in [-0.2, -0.15) is 0 Å². The molecule has 1 heterocycles. The fraction of sp³-hybridized carbons (Fsp3) is 0.214. The Morgan fingerprint density at radius 1 is 1.45 bits per heavy atom. The van der Waals surface area contributed by atoms with Crippen molar-refractivity contribution in [2.75, 3.05) is 0 Å². The molecule has 0 unspecified atom stereocenters. The summed E-state index contributed by atoms with van der Waals surface area (Å²) in [6.45, 7) is 1.72. The van der Waals surface area contributed by atoms with Gasteiger partial charge in [-0.3, -0.25) is 9.69 Å². The van der Waals surface area contributed by atoms with E-state index in [2.05, 4.69) is 0 Å². The molecule has 20 heavy (non-hydrogen) atoms. The van der Waals surface area contributed by atoms with Crippen molar-refractivity contribution in [2.24, 2.45) is 0 Å². The third kappa shape index (κ3) is 2.91. The molecular formula is C14H13NO3S2. The molecule has 1 atom stereocenters. The van der Waals surface area contributed by atoms with Crippen LogP contribution in [0, 0.1) is 0 Å². The van der Waals surface area contributed by atoms with Crippen LogP contribution in [0.25, 0.3) is 6.08 Å². The van der Waals surface area contributed by atoms with Gasteiger partial charge < -0.3 is 5.11 Å². The summed E-state index contributed by atoms with van der Waals surface area (Å²) >= 11 is 6.28. The van der Waals surface area contributed by atoms with Gasteiger partial charge in [0.25, 0.3) is 5.91 Å². The summed E-state index contributed by atoms with van der Waals surface area (Å²) in [4.78, 5) is 25.2. The fourth-order valence-electron chi connectivity index (χ4n) is 1.92. The van der Waals surface area contributed by atoms with Gasteiger partial charge in [-0.05, 0) is 18.1 Å². The molecule has 0 saturated carbocycles. The Kier molecular flexibility index (Phi) is 4.57. The largest absolute Gasteiger partial charge is 0.480 e. The van der Waals surface area contributed by atoms with Crippen molar-refractivity contribution in [2.45, 2.75) is 19.4 Å². The molecule has 0 aliphatic carbocycles. The molecule has 1 aliphatic heterocycles. The van der Waals surface area contributed by atoms with Gasteiger partial charge in [0.1, 0.15) is 10.4 Å². The van der Waals surface area contributed by atoms with Crippen molar-refractivity contribution < 1.29 is 14.7 Å². The lowest BCUT2D eigenvalue weighted by Gasteiger charge is -2.21. The average Bonchev–Trinajstić information content (AvgIpc) is 2.68. The SMILES string of the molecule is CC[C@H](C(=O)O)N1C(=O)/C(=C/c2ccccc2)SC1=S. The highest BCUT2D eigenvalue weighted by atomic mass is 32.2. The van der Waals surface area contributed by atoms with Crippen LogP contribution in [0.4, 0.5) is 0 Å². The first kappa shape index (κ1) is 14.7. The lowest BCUT2D eigenvalue weighted by molar-refractivity contribution is -0.145. The molecule has 1 aromatic rings. The summed E-state index contributed by atoms with van der Waals surface area (Å²) in [6.07, 6.45) is 2.05. The Labute approximate surface area is 126 Å². The van der Waals surface area contributed by atoms with E-state index in [-0.39, 0.29) is 5.91 Å². The van der Waals surface area contributed by atoms with Crippen molar-refractivity contribution in [3.05, 3.63) is 40.8 Å². The lowest BCUT2D eigenvalue weighted by Crippen LogP contribution is -2.43. The molecule has 104 valence electrons. The van der Waals surface area contributed by atoms with Crippen molar-refractivity contribution in [1.29, 1.82) is 0 Å². The molecule has 1 N–H and O–H groups in total. The van der Waals surface area contributed by atoms with Gasteiger partial charge >= 0.3 is 5.97 Å². The second-order valence-corrected chi connectivity index (χ2v) is 5.90. The third-order valence-corrected chi connectivity index (χ3v) is 4.23. The number of hydrogen-bond acceptors (Lipinski definition) is 4. The number of thioether (sulfide) groups is 1. The van der Waals surface area contributed by atoms with E-state index < -0.39 is 12.0 Å². The predicted molar refractivity (Wildman–Crippen MR) is 83.2 cm³/mol. The van der Waals surface area contributed by atoms with Crippen LogP contribution < -0.4 is 0 Å². The number of rotatable bonds is 4. The summed E-state index contributed by atoms with van der Waals surface area (Å²) in [5, 5.41) is 9.16. The van der Waals surface area contributed by atoms with Crippen molar-refractivity contribution in [3.63, 3.8) is 0 Å². The molecule has 0 radical (unpaired) electrons. The van der Waals surface area contributed by atoms with Gasteiger partial charge in [-0.1, -0.05) is 61.2 Å². The molecule has 0 bridgehead atoms. The first-order valence-electron chi connectivity index (χ1n) is 6.09. The highest BCUT2D eigenvalue weighted by molar-refractivity contribution is 8.26. The molecule has 1 amide bonds. The predicted octanol–water partition coefficient (Wildman–Crippen LogP) is 2.75. The van der Waals surface area contributed by atoms with Crippen LogP contribution in [0.5, 0.6) is 0 Å². The van der Waals surface area contributed by atoms with Crippen LogP contribution in [0.3, 0.4) is 0 Å². The van der Waals surface area contributed by atoms with Crippen molar-refractivity contribution in [1.82, 2.24) is 4.90 Å². The zero-order valence-corrected chi connectivity index (χ0v) is 12.4. The third-order valence-electron chi connectivity index (χ3n) is 2.90. The number of nitrogens with zero attached hydrogens (tertiary/aromatic N) is 1. The van der Waals surface area contributed by atoms with Crippen LogP contribution in [0.2, 0.25) is 0 Å². The van der Waals surface area contributed by atoms with Gasteiger partial charge in [-0.25, -0.2) is 4.79 Å². The monoisotopic (exact) mass is 307 g/mol.